The summed E-state index contributed by atoms with van der Waals surface area (Å²) in [6.07, 6.45) is 8.38. The Kier molecular flexibility index (Phi) is 2.77. The fourth-order valence-corrected chi connectivity index (χ4v) is 3.33. The van der Waals surface area contributed by atoms with Crippen molar-refractivity contribution in [3.05, 3.63) is 48.0 Å². The smallest absolute Gasteiger partial charge is 0.180 e. The average Bonchev–Trinajstić information content (AvgIpc) is 2.88. The Morgan fingerprint density at radius 1 is 1.10 bits per heavy atom. The molecule has 0 bridgehead atoms. The highest BCUT2D eigenvalue weighted by atomic mass is 16.5. The molecule has 2 aromatic rings. The number of rotatable bonds is 1. The lowest BCUT2D eigenvalue weighted by Crippen LogP contribution is -2.35. The predicted molar refractivity (Wildman–Crippen MR) is 81.3 cm³/mol. The third-order valence-electron chi connectivity index (χ3n) is 4.42. The van der Waals surface area contributed by atoms with Crippen LogP contribution in [0.2, 0.25) is 0 Å². The van der Waals surface area contributed by atoms with Crippen LogP contribution >= 0.6 is 0 Å². The molecule has 2 aliphatic rings. The molecule has 1 spiro atoms. The van der Waals surface area contributed by atoms with E-state index in [1.54, 1.807) is 6.33 Å². The Balaban J connectivity index is 1.71. The first-order valence-electron chi connectivity index (χ1n) is 7.31. The fourth-order valence-electron chi connectivity index (χ4n) is 3.33. The molecule has 0 amide bonds. The Labute approximate surface area is 123 Å². The van der Waals surface area contributed by atoms with E-state index in [1.165, 1.54) is 16.7 Å². The van der Waals surface area contributed by atoms with Crippen molar-refractivity contribution < 1.29 is 4.74 Å². The van der Waals surface area contributed by atoms with Crippen molar-refractivity contribution in [2.45, 2.75) is 31.7 Å². The predicted octanol–water partition coefficient (Wildman–Crippen LogP) is 2.82. The van der Waals surface area contributed by atoms with Gasteiger partial charge in [-0.3, -0.25) is 0 Å². The zero-order valence-corrected chi connectivity index (χ0v) is 12.0. The molecule has 2 heterocycles. The number of hydrogen-bond acceptors (Lipinski definition) is 4. The minimum atomic E-state index is -0.0388. The van der Waals surface area contributed by atoms with Crippen LogP contribution < -0.4 is 0 Å². The molecule has 21 heavy (non-hydrogen) atoms. The summed E-state index contributed by atoms with van der Waals surface area (Å²) in [6, 6.07) is 6.66. The van der Waals surface area contributed by atoms with Gasteiger partial charge in [0.2, 0.25) is 0 Å². The number of aryl methyl sites for hydroxylation is 1. The second-order valence-corrected chi connectivity index (χ2v) is 5.93. The van der Waals surface area contributed by atoms with E-state index in [-0.39, 0.29) is 5.54 Å². The van der Waals surface area contributed by atoms with Gasteiger partial charge in [0, 0.05) is 31.3 Å². The van der Waals surface area contributed by atoms with Gasteiger partial charge in [0.15, 0.2) is 5.90 Å². The molecule has 4 heteroatoms. The molecule has 0 N–H and O–H groups in total. The van der Waals surface area contributed by atoms with Crippen molar-refractivity contribution in [1.82, 2.24) is 9.97 Å². The first-order chi connectivity index (χ1) is 10.2. The van der Waals surface area contributed by atoms with E-state index >= 15 is 0 Å². The Morgan fingerprint density at radius 2 is 1.95 bits per heavy atom. The molecule has 0 unspecified atom stereocenters. The summed E-state index contributed by atoms with van der Waals surface area (Å²) in [5, 5.41) is 0. The number of hydrogen-bond donors (Lipinski definition) is 0. The number of ether oxygens (including phenoxy) is 1. The van der Waals surface area contributed by atoms with E-state index in [0.29, 0.717) is 0 Å². The van der Waals surface area contributed by atoms with Gasteiger partial charge in [-0.1, -0.05) is 18.2 Å². The van der Waals surface area contributed by atoms with Crippen LogP contribution in [0.25, 0.3) is 11.1 Å². The number of nitrogens with zero attached hydrogens (tertiary/aromatic N) is 3. The molecular formula is C17H17N3O. The van der Waals surface area contributed by atoms with Crippen LogP contribution in [0.3, 0.4) is 0 Å². The van der Waals surface area contributed by atoms with E-state index < -0.39 is 0 Å². The number of aromatic nitrogens is 2. The number of benzene rings is 1. The van der Waals surface area contributed by atoms with E-state index in [1.807, 2.05) is 19.3 Å². The van der Waals surface area contributed by atoms with Crippen LogP contribution in [0.4, 0.5) is 0 Å². The molecule has 1 aromatic carbocycles. The minimum Gasteiger partial charge on any atom is -0.479 e. The average molecular weight is 279 g/mol. The molecule has 0 saturated carbocycles. The maximum absolute atomic E-state index is 5.61. The summed E-state index contributed by atoms with van der Waals surface area (Å²) in [4.78, 5) is 13.0. The van der Waals surface area contributed by atoms with Crippen LogP contribution in [0.5, 0.6) is 0 Å². The normalized spacial score (nSPS) is 23.6. The zero-order valence-electron chi connectivity index (χ0n) is 12.0. The van der Waals surface area contributed by atoms with Crippen molar-refractivity contribution in [3.63, 3.8) is 0 Å². The molecule has 0 radical (unpaired) electrons. The van der Waals surface area contributed by atoms with Gasteiger partial charge < -0.3 is 4.74 Å². The Morgan fingerprint density at radius 3 is 2.71 bits per heavy atom. The second kappa shape index (κ2) is 4.65. The molecule has 1 atom stereocenters. The lowest BCUT2D eigenvalue weighted by atomic mass is 9.78. The van der Waals surface area contributed by atoms with Crippen LogP contribution in [0.1, 0.15) is 24.5 Å². The van der Waals surface area contributed by atoms with Crippen molar-refractivity contribution in [1.29, 1.82) is 0 Å². The molecule has 1 aromatic heterocycles. The standard InChI is InChI=1S/C17H17N3O/c1-12-20-17(10-21-12)5-4-13-2-3-14(6-15(13)7-17)16-8-18-11-19-9-16/h2-3,6,8-9,11H,4-5,7,10H2,1H3/t17-/m1/s1. The quantitative estimate of drug-likeness (QED) is 0.806. The van der Waals surface area contributed by atoms with Crippen LogP contribution in [-0.4, -0.2) is 28.0 Å². The summed E-state index contributed by atoms with van der Waals surface area (Å²) in [7, 11) is 0. The largest absolute Gasteiger partial charge is 0.479 e. The number of aliphatic imine (C=N–C) groups is 1. The molecule has 1 aliphatic heterocycles. The van der Waals surface area contributed by atoms with Gasteiger partial charge in [0.05, 0.1) is 0 Å². The lowest BCUT2D eigenvalue weighted by molar-refractivity contribution is 0.236. The number of fused-ring (bicyclic) bond motifs is 1. The summed E-state index contributed by atoms with van der Waals surface area (Å²) >= 11 is 0. The zero-order chi connectivity index (χ0) is 14.3. The van der Waals surface area contributed by atoms with Gasteiger partial charge in [-0.15, -0.1) is 0 Å². The first-order valence-corrected chi connectivity index (χ1v) is 7.31. The van der Waals surface area contributed by atoms with Gasteiger partial charge in [-0.25, -0.2) is 15.0 Å². The van der Waals surface area contributed by atoms with Crippen molar-refractivity contribution in [2.75, 3.05) is 6.61 Å². The summed E-state index contributed by atoms with van der Waals surface area (Å²) < 4.78 is 5.61. The molecule has 0 fully saturated rings. The van der Waals surface area contributed by atoms with Crippen molar-refractivity contribution >= 4 is 5.90 Å². The highest BCUT2D eigenvalue weighted by Gasteiger charge is 2.38. The van der Waals surface area contributed by atoms with Crippen LogP contribution in [0.15, 0.2) is 41.9 Å². The summed E-state index contributed by atoms with van der Waals surface area (Å²) in [6.45, 7) is 2.67. The third-order valence-corrected chi connectivity index (χ3v) is 4.42. The van der Waals surface area contributed by atoms with E-state index in [0.717, 1.165) is 37.3 Å². The van der Waals surface area contributed by atoms with Gasteiger partial charge in [0.1, 0.15) is 18.5 Å². The maximum atomic E-state index is 5.61. The molecule has 1 aliphatic carbocycles. The molecule has 4 nitrogen and oxygen atoms in total. The second-order valence-electron chi connectivity index (χ2n) is 5.93. The maximum Gasteiger partial charge on any atom is 0.180 e. The highest BCUT2D eigenvalue weighted by Crippen LogP contribution is 2.36. The van der Waals surface area contributed by atoms with Gasteiger partial charge >= 0.3 is 0 Å². The van der Waals surface area contributed by atoms with Gasteiger partial charge in [0.25, 0.3) is 0 Å². The molecule has 4 rings (SSSR count). The fraction of sp³-hybridized carbons (Fsp3) is 0.353. The Bertz CT molecular complexity index is 711. The minimum absolute atomic E-state index is 0.0388. The van der Waals surface area contributed by atoms with Crippen LogP contribution in [0, 0.1) is 0 Å². The summed E-state index contributed by atoms with van der Waals surface area (Å²) in [5.74, 6) is 0.825. The van der Waals surface area contributed by atoms with E-state index in [2.05, 4.69) is 28.2 Å². The third kappa shape index (κ3) is 2.20. The van der Waals surface area contributed by atoms with Crippen molar-refractivity contribution in [2.24, 2.45) is 4.99 Å². The van der Waals surface area contributed by atoms with Crippen molar-refractivity contribution in [3.8, 4) is 11.1 Å². The Hall–Kier alpha value is -2.23. The first kappa shape index (κ1) is 12.5. The topological polar surface area (TPSA) is 47.4 Å². The lowest BCUT2D eigenvalue weighted by Gasteiger charge is -2.30. The highest BCUT2D eigenvalue weighted by molar-refractivity contribution is 5.75. The SMILES string of the molecule is CC1=N[C@@]2(CCc3ccc(-c4cncnc4)cc3C2)CO1. The molecular weight excluding hydrogens is 262 g/mol. The van der Waals surface area contributed by atoms with E-state index in [9.17, 15) is 0 Å². The van der Waals surface area contributed by atoms with Gasteiger partial charge in [-0.05, 0) is 29.5 Å². The van der Waals surface area contributed by atoms with E-state index in [4.69, 9.17) is 9.73 Å². The molecule has 0 saturated heterocycles. The monoisotopic (exact) mass is 279 g/mol. The summed E-state index contributed by atoms with van der Waals surface area (Å²) in [5.41, 5.74) is 5.00. The van der Waals surface area contributed by atoms with Gasteiger partial charge in [-0.2, -0.15) is 0 Å². The van der Waals surface area contributed by atoms with Crippen LogP contribution in [-0.2, 0) is 17.6 Å². The molecule has 106 valence electrons.